The number of phenolic OH excluding ortho intramolecular Hbond substituents is 1. The van der Waals surface area contributed by atoms with Gasteiger partial charge in [-0.2, -0.15) is 5.01 Å². The van der Waals surface area contributed by atoms with Gasteiger partial charge in [0, 0.05) is 34.2 Å². The minimum atomic E-state index is -1.68. The summed E-state index contributed by atoms with van der Waals surface area (Å²) in [5.74, 6) is -5.09. The summed E-state index contributed by atoms with van der Waals surface area (Å²) in [5.41, 5.74) is 2.18. The van der Waals surface area contributed by atoms with E-state index in [-0.39, 0.29) is 52.4 Å². The van der Waals surface area contributed by atoms with E-state index in [4.69, 9.17) is 37.4 Å². The fraction of sp³-hybridized carbons (Fsp3) is 0.385. The fourth-order valence-electron chi connectivity index (χ4n) is 8.98. The Morgan fingerprint density at radius 2 is 1.54 bits per heavy atom. The number of ether oxygens (including phenoxy) is 3. The monoisotopic (exact) mass is 747 g/mol. The number of methoxy groups -OCH3 is 3. The van der Waals surface area contributed by atoms with E-state index < -0.39 is 52.4 Å². The zero-order chi connectivity index (χ0) is 37.4. The molecule has 2 aliphatic heterocycles. The lowest BCUT2D eigenvalue weighted by molar-refractivity contribution is -0.146. The van der Waals surface area contributed by atoms with Crippen molar-refractivity contribution in [1.29, 1.82) is 0 Å². The molecule has 4 amide bonds. The van der Waals surface area contributed by atoms with E-state index >= 15 is 4.79 Å². The maximum absolute atomic E-state index is 15.5. The summed E-state index contributed by atoms with van der Waals surface area (Å²) in [6, 6.07) is 14.6. The van der Waals surface area contributed by atoms with Crippen LogP contribution in [0.5, 0.6) is 23.0 Å². The number of amides is 4. The van der Waals surface area contributed by atoms with Crippen LogP contribution in [0.25, 0.3) is 0 Å². The number of nitrogens with zero attached hydrogens (tertiary/aromatic N) is 2. The Kier molecular flexibility index (Phi) is 8.73. The number of hydrogen-bond acceptors (Lipinski definition) is 9. The van der Waals surface area contributed by atoms with Crippen LogP contribution < -0.4 is 19.6 Å². The highest BCUT2D eigenvalue weighted by molar-refractivity contribution is 6.36. The SMILES string of the molecule is COc1ccc([C@@]23C(=O)N(Nc4ccc(Cl)cc4Cl)C(=O)[C@@H]2C[C@@H]2C(=CC[C@@H]4C(=O)N(C(C)(C)C)C(=O)[C@@H]42)[C@@H]3c2c(O)cc(OC)cc2OC)cc1. The molecule has 2 N–H and O–H groups in total. The van der Waals surface area contributed by atoms with Gasteiger partial charge in [0.05, 0.1) is 55.2 Å². The van der Waals surface area contributed by atoms with Gasteiger partial charge in [-0.1, -0.05) is 47.0 Å². The number of hydrogen-bond donors (Lipinski definition) is 2. The molecule has 0 aromatic heterocycles. The number of allylic oxidation sites excluding steroid dienone is 2. The molecule has 0 spiro atoms. The Bertz CT molecular complexity index is 2040. The third-order valence-electron chi connectivity index (χ3n) is 11.1. The molecular formula is C39H39Cl2N3O8. The summed E-state index contributed by atoms with van der Waals surface area (Å²) in [6.45, 7) is 5.45. The van der Waals surface area contributed by atoms with Crippen molar-refractivity contribution < 1.29 is 38.5 Å². The first-order valence-electron chi connectivity index (χ1n) is 17.0. The molecule has 0 bridgehead atoms. The van der Waals surface area contributed by atoms with Crippen LogP contribution in [0.4, 0.5) is 5.69 Å². The van der Waals surface area contributed by atoms with E-state index in [9.17, 15) is 19.5 Å². The van der Waals surface area contributed by atoms with Gasteiger partial charge in [-0.3, -0.25) is 29.5 Å². The van der Waals surface area contributed by atoms with Crippen LogP contribution in [0.3, 0.4) is 0 Å². The molecule has 2 aliphatic carbocycles. The molecule has 4 aliphatic rings. The lowest BCUT2D eigenvalue weighted by Gasteiger charge is -2.50. The third-order valence-corrected chi connectivity index (χ3v) is 11.6. The molecule has 2 saturated heterocycles. The van der Waals surface area contributed by atoms with Crippen molar-refractivity contribution in [1.82, 2.24) is 9.91 Å². The number of phenols is 1. The highest BCUT2D eigenvalue weighted by Gasteiger charge is 2.71. The number of fused-ring (bicyclic) bond motifs is 4. The minimum absolute atomic E-state index is 0.0723. The number of nitrogens with one attached hydrogen (secondary N) is 1. The second kappa shape index (κ2) is 12.7. The van der Waals surface area contributed by atoms with Gasteiger partial charge in [-0.05, 0) is 75.4 Å². The van der Waals surface area contributed by atoms with Gasteiger partial charge in [0.1, 0.15) is 23.0 Å². The third kappa shape index (κ3) is 5.15. The molecule has 3 aromatic carbocycles. The van der Waals surface area contributed by atoms with Crippen LogP contribution in [0, 0.1) is 23.7 Å². The van der Waals surface area contributed by atoms with Crippen LogP contribution in [-0.4, -0.2) is 65.5 Å². The molecule has 2 heterocycles. The maximum atomic E-state index is 15.5. The average Bonchev–Trinajstić information content (AvgIpc) is 3.50. The van der Waals surface area contributed by atoms with Crippen LogP contribution in [-0.2, 0) is 24.6 Å². The van der Waals surface area contributed by atoms with Crippen molar-refractivity contribution in [2.75, 3.05) is 26.8 Å². The Labute approximate surface area is 311 Å². The van der Waals surface area contributed by atoms with Gasteiger partial charge in [-0.25, -0.2) is 0 Å². The second-order valence-corrected chi connectivity index (χ2v) is 15.5. The highest BCUT2D eigenvalue weighted by atomic mass is 35.5. The van der Waals surface area contributed by atoms with Crippen molar-refractivity contribution in [2.45, 2.75) is 50.5 Å². The molecule has 13 heteroatoms. The number of halogens is 2. The summed E-state index contributed by atoms with van der Waals surface area (Å²) in [4.78, 5) is 60.0. The van der Waals surface area contributed by atoms with Crippen LogP contribution in [0.2, 0.25) is 10.0 Å². The largest absolute Gasteiger partial charge is 0.507 e. The molecule has 1 saturated carbocycles. The van der Waals surface area contributed by atoms with E-state index in [1.54, 1.807) is 42.5 Å². The standard InChI is InChI=1S/C39H39Cl2N3O8/c1-38(2,3)43-34(46)24-13-12-23-25(31(24)36(43)48)18-26-35(47)44(42-28-14-9-20(40)15-27(28)41)37(49)39(26,19-7-10-21(50-4)11-8-19)33(23)32-29(45)16-22(51-5)17-30(32)52-6/h7-12,14-17,24-26,31,33,42,45H,13,18H2,1-6H3/t24-,25+,26-,31-,33+,39+/m0/s1. The predicted octanol–water partition coefficient (Wildman–Crippen LogP) is 6.51. The van der Waals surface area contributed by atoms with Crippen LogP contribution in [0.15, 0.2) is 66.2 Å². The number of benzene rings is 3. The average molecular weight is 749 g/mol. The predicted molar refractivity (Wildman–Crippen MR) is 193 cm³/mol. The Morgan fingerprint density at radius 1 is 0.846 bits per heavy atom. The van der Waals surface area contributed by atoms with E-state index in [1.807, 2.05) is 26.8 Å². The first-order chi connectivity index (χ1) is 24.7. The molecule has 0 radical (unpaired) electrons. The molecular weight excluding hydrogens is 709 g/mol. The molecule has 52 heavy (non-hydrogen) atoms. The number of imide groups is 2. The summed E-state index contributed by atoms with van der Waals surface area (Å²) in [5, 5.41) is 13.4. The molecule has 272 valence electrons. The summed E-state index contributed by atoms with van der Waals surface area (Å²) >= 11 is 12.7. The lowest BCUT2D eigenvalue weighted by Crippen LogP contribution is -2.53. The number of carbonyl (C=O) groups is 4. The number of rotatable bonds is 7. The van der Waals surface area contributed by atoms with Gasteiger partial charge in [0.25, 0.3) is 11.8 Å². The number of carbonyl (C=O) groups excluding carboxylic acids is 4. The number of anilines is 1. The first kappa shape index (κ1) is 35.7. The molecule has 11 nitrogen and oxygen atoms in total. The number of hydrazine groups is 1. The van der Waals surface area contributed by atoms with Crippen molar-refractivity contribution in [2.24, 2.45) is 23.7 Å². The molecule has 0 unspecified atom stereocenters. The summed E-state index contributed by atoms with van der Waals surface area (Å²) in [7, 11) is 4.43. The Morgan fingerprint density at radius 3 is 2.15 bits per heavy atom. The van der Waals surface area contributed by atoms with Crippen LogP contribution >= 0.6 is 23.2 Å². The molecule has 6 atom stereocenters. The van der Waals surface area contributed by atoms with Crippen molar-refractivity contribution in [3.05, 3.63) is 87.4 Å². The van der Waals surface area contributed by atoms with Gasteiger partial charge in [-0.15, -0.1) is 0 Å². The Balaban J connectivity index is 1.51. The zero-order valence-electron chi connectivity index (χ0n) is 29.5. The fourth-order valence-corrected chi connectivity index (χ4v) is 9.43. The zero-order valence-corrected chi connectivity index (χ0v) is 31.0. The van der Waals surface area contributed by atoms with Crippen LogP contribution in [0.1, 0.15) is 50.7 Å². The van der Waals surface area contributed by atoms with E-state index in [0.717, 1.165) is 5.01 Å². The van der Waals surface area contributed by atoms with Gasteiger partial charge >= 0.3 is 0 Å². The Hall–Kier alpha value is -4.74. The van der Waals surface area contributed by atoms with Crippen molar-refractivity contribution >= 4 is 52.5 Å². The van der Waals surface area contributed by atoms with Gasteiger partial charge in [0.2, 0.25) is 11.8 Å². The summed E-state index contributed by atoms with van der Waals surface area (Å²) < 4.78 is 16.8. The van der Waals surface area contributed by atoms with Crippen molar-refractivity contribution in [3.63, 3.8) is 0 Å². The van der Waals surface area contributed by atoms with E-state index in [0.29, 0.717) is 27.7 Å². The van der Waals surface area contributed by atoms with Crippen molar-refractivity contribution in [3.8, 4) is 23.0 Å². The maximum Gasteiger partial charge on any atom is 0.260 e. The molecule has 3 aromatic rings. The smallest absolute Gasteiger partial charge is 0.260 e. The summed E-state index contributed by atoms with van der Waals surface area (Å²) in [6.07, 6.45) is 2.22. The second-order valence-electron chi connectivity index (χ2n) is 14.7. The normalized spacial score (nSPS) is 26.8. The number of likely N-dealkylation sites (tertiary alicyclic amines) is 1. The molecule has 7 rings (SSSR count). The van der Waals surface area contributed by atoms with Gasteiger partial charge < -0.3 is 19.3 Å². The minimum Gasteiger partial charge on any atom is -0.507 e. The lowest BCUT2D eigenvalue weighted by atomic mass is 9.49. The van der Waals surface area contributed by atoms with Gasteiger partial charge in [0.15, 0.2) is 0 Å². The molecule has 3 fully saturated rings. The first-order valence-corrected chi connectivity index (χ1v) is 17.7. The van der Waals surface area contributed by atoms with E-state index in [1.165, 1.54) is 38.4 Å². The van der Waals surface area contributed by atoms with E-state index in [2.05, 4.69) is 5.43 Å². The quantitative estimate of drug-likeness (QED) is 0.205. The highest BCUT2D eigenvalue weighted by Crippen LogP contribution is 2.66. The number of aromatic hydroxyl groups is 1. The topological polar surface area (TPSA) is 135 Å².